The highest BCUT2D eigenvalue weighted by molar-refractivity contribution is 5.47. The first-order chi connectivity index (χ1) is 9.72. The summed E-state index contributed by atoms with van der Waals surface area (Å²) in [5.41, 5.74) is 9.42. The van der Waals surface area contributed by atoms with E-state index in [4.69, 9.17) is 5.73 Å². The van der Waals surface area contributed by atoms with Crippen molar-refractivity contribution >= 4 is 5.69 Å². The van der Waals surface area contributed by atoms with Crippen molar-refractivity contribution in [2.75, 3.05) is 18.0 Å². The van der Waals surface area contributed by atoms with E-state index in [1.54, 1.807) is 0 Å². The predicted molar refractivity (Wildman–Crippen MR) is 83.8 cm³/mol. The Morgan fingerprint density at radius 2 is 2.00 bits per heavy atom. The largest absolute Gasteiger partial charge is 0.367 e. The minimum absolute atomic E-state index is 0.719. The summed E-state index contributed by atoms with van der Waals surface area (Å²) in [6.45, 7) is 7.69. The number of hydrogen-bond acceptors (Lipinski definition) is 3. The maximum atomic E-state index is 5.65. The number of anilines is 1. The van der Waals surface area contributed by atoms with E-state index in [0.717, 1.165) is 32.6 Å². The Hall–Kier alpha value is -1.81. The quantitative estimate of drug-likeness (QED) is 0.842. The molecule has 0 aliphatic carbocycles. The van der Waals surface area contributed by atoms with Gasteiger partial charge in [-0.15, -0.1) is 0 Å². The molecule has 108 valence electrons. The molecule has 0 spiro atoms. The Bertz CT molecular complexity index is 516. The molecule has 0 aliphatic heterocycles. The molecule has 0 unspecified atom stereocenters. The van der Waals surface area contributed by atoms with Crippen molar-refractivity contribution in [2.45, 2.75) is 33.4 Å². The molecule has 0 atom stereocenters. The summed E-state index contributed by atoms with van der Waals surface area (Å²) in [6.07, 6.45) is 5.06. The third-order valence-corrected chi connectivity index (χ3v) is 3.42. The van der Waals surface area contributed by atoms with Crippen LogP contribution in [0.3, 0.4) is 0 Å². The van der Waals surface area contributed by atoms with E-state index in [1.165, 1.54) is 16.8 Å². The topological polar surface area (TPSA) is 47.1 Å². The summed E-state index contributed by atoms with van der Waals surface area (Å²) >= 11 is 0. The van der Waals surface area contributed by atoms with Crippen LogP contribution in [-0.4, -0.2) is 22.9 Å². The molecule has 1 aromatic carbocycles. The van der Waals surface area contributed by atoms with E-state index < -0.39 is 0 Å². The normalized spacial score (nSPS) is 10.8. The second-order valence-electron chi connectivity index (χ2n) is 5.10. The summed E-state index contributed by atoms with van der Waals surface area (Å²) in [6, 6.07) is 8.66. The van der Waals surface area contributed by atoms with Gasteiger partial charge in [-0.05, 0) is 38.9 Å². The van der Waals surface area contributed by atoms with E-state index in [0.29, 0.717) is 0 Å². The van der Waals surface area contributed by atoms with E-state index in [9.17, 15) is 0 Å². The van der Waals surface area contributed by atoms with E-state index in [1.807, 2.05) is 10.9 Å². The molecule has 0 amide bonds. The van der Waals surface area contributed by atoms with Gasteiger partial charge < -0.3 is 10.6 Å². The number of nitrogens with two attached hydrogens (primary N) is 1. The molecule has 0 saturated carbocycles. The lowest BCUT2D eigenvalue weighted by Crippen LogP contribution is -2.25. The molecule has 0 aliphatic rings. The average molecular weight is 272 g/mol. The zero-order valence-electron chi connectivity index (χ0n) is 12.4. The van der Waals surface area contributed by atoms with Crippen LogP contribution in [0.4, 0.5) is 5.69 Å². The van der Waals surface area contributed by atoms with E-state index >= 15 is 0 Å². The van der Waals surface area contributed by atoms with Crippen LogP contribution in [0.15, 0.2) is 36.7 Å². The van der Waals surface area contributed by atoms with Gasteiger partial charge in [0.1, 0.15) is 0 Å². The molecule has 0 radical (unpaired) electrons. The Balaban J connectivity index is 2.12. The molecule has 4 heteroatoms. The van der Waals surface area contributed by atoms with Crippen LogP contribution in [0.25, 0.3) is 0 Å². The molecule has 1 aromatic heterocycles. The minimum Gasteiger partial charge on any atom is -0.367 e. The first kappa shape index (κ1) is 14.6. The van der Waals surface area contributed by atoms with Crippen molar-refractivity contribution in [1.29, 1.82) is 0 Å². The number of nitrogens with zero attached hydrogens (tertiary/aromatic N) is 3. The lowest BCUT2D eigenvalue weighted by Gasteiger charge is -2.24. The minimum atomic E-state index is 0.719. The summed E-state index contributed by atoms with van der Waals surface area (Å²) in [5, 5.41) is 4.34. The van der Waals surface area contributed by atoms with Crippen molar-refractivity contribution in [3.8, 4) is 0 Å². The lowest BCUT2D eigenvalue weighted by molar-refractivity contribution is 0.658. The highest BCUT2D eigenvalue weighted by Gasteiger charge is 2.08. The smallest absolute Gasteiger partial charge is 0.0539 e. The molecule has 0 bridgehead atoms. The van der Waals surface area contributed by atoms with Gasteiger partial charge in [0.15, 0.2) is 0 Å². The van der Waals surface area contributed by atoms with Crippen LogP contribution in [-0.2, 0) is 13.1 Å². The second kappa shape index (κ2) is 7.10. The van der Waals surface area contributed by atoms with Crippen LogP contribution in [0.2, 0.25) is 0 Å². The fourth-order valence-electron chi connectivity index (χ4n) is 2.22. The van der Waals surface area contributed by atoms with Gasteiger partial charge in [0.05, 0.1) is 6.20 Å². The molecule has 0 saturated heterocycles. The van der Waals surface area contributed by atoms with Crippen molar-refractivity contribution in [1.82, 2.24) is 9.78 Å². The monoisotopic (exact) mass is 272 g/mol. The molecular formula is C16H24N4. The standard InChI is InChI=1S/C16H24N4/c1-3-20-13-15(11-18-20)12-19(10-4-9-17)16-7-5-14(2)6-8-16/h5-8,11,13H,3-4,9-10,12,17H2,1-2H3. The number of rotatable bonds is 7. The lowest BCUT2D eigenvalue weighted by atomic mass is 10.2. The third kappa shape index (κ3) is 3.84. The summed E-state index contributed by atoms with van der Waals surface area (Å²) in [5.74, 6) is 0. The maximum absolute atomic E-state index is 5.65. The van der Waals surface area contributed by atoms with Gasteiger partial charge in [-0.1, -0.05) is 17.7 Å². The van der Waals surface area contributed by atoms with Crippen molar-refractivity contribution in [2.24, 2.45) is 5.73 Å². The Kier molecular flexibility index (Phi) is 5.18. The van der Waals surface area contributed by atoms with Crippen LogP contribution in [0.5, 0.6) is 0 Å². The molecule has 2 rings (SSSR count). The van der Waals surface area contributed by atoms with Crippen molar-refractivity contribution in [3.05, 3.63) is 47.8 Å². The highest BCUT2D eigenvalue weighted by atomic mass is 15.3. The van der Waals surface area contributed by atoms with Gasteiger partial charge >= 0.3 is 0 Å². The summed E-state index contributed by atoms with van der Waals surface area (Å²) < 4.78 is 1.96. The zero-order chi connectivity index (χ0) is 14.4. The van der Waals surface area contributed by atoms with Crippen molar-refractivity contribution < 1.29 is 0 Å². The summed E-state index contributed by atoms with van der Waals surface area (Å²) in [7, 11) is 0. The molecule has 4 nitrogen and oxygen atoms in total. The number of aryl methyl sites for hydroxylation is 2. The van der Waals surface area contributed by atoms with Gasteiger partial charge in [0, 0.05) is 37.1 Å². The van der Waals surface area contributed by atoms with Crippen LogP contribution in [0.1, 0.15) is 24.5 Å². The molecular weight excluding hydrogens is 248 g/mol. The van der Waals surface area contributed by atoms with Gasteiger partial charge in [0.25, 0.3) is 0 Å². The van der Waals surface area contributed by atoms with E-state index in [2.05, 4.69) is 54.3 Å². The Labute approximate surface area is 121 Å². The van der Waals surface area contributed by atoms with Gasteiger partial charge in [-0.3, -0.25) is 4.68 Å². The van der Waals surface area contributed by atoms with Crippen molar-refractivity contribution in [3.63, 3.8) is 0 Å². The average Bonchev–Trinajstić information content (AvgIpc) is 2.92. The SMILES string of the molecule is CCn1cc(CN(CCCN)c2ccc(C)cc2)cn1. The molecule has 20 heavy (non-hydrogen) atoms. The Morgan fingerprint density at radius 1 is 1.25 bits per heavy atom. The summed E-state index contributed by atoms with van der Waals surface area (Å²) in [4.78, 5) is 2.36. The first-order valence-electron chi connectivity index (χ1n) is 7.26. The molecule has 1 heterocycles. The second-order valence-corrected chi connectivity index (χ2v) is 5.10. The van der Waals surface area contributed by atoms with E-state index in [-0.39, 0.29) is 0 Å². The Morgan fingerprint density at radius 3 is 2.60 bits per heavy atom. The third-order valence-electron chi connectivity index (χ3n) is 3.42. The number of aromatic nitrogens is 2. The van der Waals surface area contributed by atoms with Gasteiger partial charge in [0.2, 0.25) is 0 Å². The van der Waals surface area contributed by atoms with Gasteiger partial charge in [-0.25, -0.2) is 0 Å². The predicted octanol–water partition coefficient (Wildman–Crippen LogP) is 2.57. The van der Waals surface area contributed by atoms with Gasteiger partial charge in [-0.2, -0.15) is 5.10 Å². The van der Waals surface area contributed by atoms with Crippen LogP contribution < -0.4 is 10.6 Å². The first-order valence-corrected chi connectivity index (χ1v) is 7.26. The maximum Gasteiger partial charge on any atom is 0.0539 e. The highest BCUT2D eigenvalue weighted by Crippen LogP contribution is 2.18. The molecule has 2 N–H and O–H groups in total. The zero-order valence-corrected chi connectivity index (χ0v) is 12.4. The fraction of sp³-hybridized carbons (Fsp3) is 0.438. The fourth-order valence-corrected chi connectivity index (χ4v) is 2.22. The molecule has 0 fully saturated rings. The molecule has 2 aromatic rings. The number of hydrogen-bond donors (Lipinski definition) is 1. The number of benzene rings is 1. The van der Waals surface area contributed by atoms with Crippen LogP contribution >= 0.6 is 0 Å². The van der Waals surface area contributed by atoms with Crippen LogP contribution in [0, 0.1) is 6.92 Å².